The van der Waals surface area contributed by atoms with Crippen molar-refractivity contribution in [3.05, 3.63) is 12.2 Å². The zero-order valence-electron chi connectivity index (χ0n) is 9.66. The highest BCUT2D eigenvalue weighted by Crippen LogP contribution is 2.08. The number of alkyl halides is 2. The third kappa shape index (κ3) is 3.52. The van der Waals surface area contributed by atoms with Crippen LogP contribution in [0.2, 0.25) is 0 Å². The number of aromatic nitrogens is 3. The SMILES string of the molecule is CCCn1ncnc1CC(NCC)C(F)F. The zero-order valence-corrected chi connectivity index (χ0v) is 9.66. The normalized spacial score (nSPS) is 13.3. The number of nitrogens with one attached hydrogen (secondary N) is 1. The van der Waals surface area contributed by atoms with E-state index < -0.39 is 12.5 Å². The summed E-state index contributed by atoms with van der Waals surface area (Å²) in [6.07, 6.45) is 0.161. The third-order valence-corrected chi connectivity index (χ3v) is 2.30. The molecule has 1 atom stereocenters. The fourth-order valence-electron chi connectivity index (χ4n) is 1.55. The highest BCUT2D eigenvalue weighted by molar-refractivity contribution is 4.90. The highest BCUT2D eigenvalue weighted by Gasteiger charge is 2.21. The molecule has 0 aliphatic carbocycles. The van der Waals surface area contributed by atoms with Crippen LogP contribution in [-0.2, 0) is 13.0 Å². The summed E-state index contributed by atoms with van der Waals surface area (Å²) in [5, 5.41) is 6.77. The van der Waals surface area contributed by atoms with Crippen molar-refractivity contribution in [2.45, 2.75) is 45.7 Å². The summed E-state index contributed by atoms with van der Waals surface area (Å²) in [4.78, 5) is 4.02. The highest BCUT2D eigenvalue weighted by atomic mass is 19.3. The molecule has 0 fully saturated rings. The van der Waals surface area contributed by atoms with Crippen LogP contribution in [0.1, 0.15) is 26.1 Å². The number of rotatable bonds is 7. The lowest BCUT2D eigenvalue weighted by molar-refractivity contribution is 0.0975. The van der Waals surface area contributed by atoms with Crippen LogP contribution in [0.15, 0.2) is 6.33 Å². The minimum Gasteiger partial charge on any atom is -0.309 e. The molecular formula is C10H18F2N4. The van der Waals surface area contributed by atoms with Gasteiger partial charge in [-0.15, -0.1) is 0 Å². The molecule has 0 amide bonds. The van der Waals surface area contributed by atoms with E-state index in [4.69, 9.17) is 0 Å². The molecule has 92 valence electrons. The van der Waals surface area contributed by atoms with Crippen LogP contribution in [0.5, 0.6) is 0 Å². The number of nitrogens with zero attached hydrogens (tertiary/aromatic N) is 3. The summed E-state index contributed by atoms with van der Waals surface area (Å²) < 4.78 is 27.0. The van der Waals surface area contributed by atoms with Crippen molar-refractivity contribution in [1.29, 1.82) is 0 Å². The van der Waals surface area contributed by atoms with Crippen molar-refractivity contribution in [3.63, 3.8) is 0 Å². The first-order valence-electron chi connectivity index (χ1n) is 5.57. The van der Waals surface area contributed by atoms with Gasteiger partial charge in [0.2, 0.25) is 0 Å². The molecule has 6 heteroatoms. The molecule has 1 aromatic heterocycles. The second-order valence-corrected chi connectivity index (χ2v) is 3.60. The van der Waals surface area contributed by atoms with E-state index in [1.54, 1.807) is 4.68 Å². The molecule has 1 heterocycles. The van der Waals surface area contributed by atoms with Gasteiger partial charge in [-0.05, 0) is 13.0 Å². The van der Waals surface area contributed by atoms with Gasteiger partial charge in [0.25, 0.3) is 6.43 Å². The minimum atomic E-state index is -2.38. The molecule has 16 heavy (non-hydrogen) atoms. The van der Waals surface area contributed by atoms with E-state index in [1.807, 2.05) is 13.8 Å². The Bertz CT molecular complexity index is 301. The second kappa shape index (κ2) is 6.52. The van der Waals surface area contributed by atoms with Crippen molar-refractivity contribution in [2.24, 2.45) is 0 Å². The van der Waals surface area contributed by atoms with Crippen LogP contribution < -0.4 is 5.32 Å². The van der Waals surface area contributed by atoms with E-state index in [0.717, 1.165) is 13.0 Å². The molecule has 0 bridgehead atoms. The summed E-state index contributed by atoms with van der Waals surface area (Å²) >= 11 is 0. The summed E-state index contributed by atoms with van der Waals surface area (Å²) in [6, 6.07) is -0.843. The number of likely N-dealkylation sites (N-methyl/N-ethyl adjacent to an activating group) is 1. The van der Waals surface area contributed by atoms with Gasteiger partial charge in [0, 0.05) is 13.0 Å². The third-order valence-electron chi connectivity index (χ3n) is 2.30. The molecular weight excluding hydrogens is 214 g/mol. The Morgan fingerprint density at radius 1 is 1.44 bits per heavy atom. The smallest absolute Gasteiger partial charge is 0.254 e. The molecule has 1 rings (SSSR count). The predicted octanol–water partition coefficient (Wildman–Crippen LogP) is 1.47. The van der Waals surface area contributed by atoms with Gasteiger partial charge in [0.15, 0.2) is 0 Å². The second-order valence-electron chi connectivity index (χ2n) is 3.60. The molecule has 0 aromatic carbocycles. The summed E-state index contributed by atoms with van der Waals surface area (Å²) in [6.45, 7) is 5.07. The lowest BCUT2D eigenvalue weighted by Gasteiger charge is -2.16. The largest absolute Gasteiger partial charge is 0.309 e. The standard InChI is InChI=1S/C10H18F2N4/c1-3-5-16-9(14-7-15-16)6-8(10(11)12)13-4-2/h7-8,10,13H,3-6H2,1-2H3. The maximum absolute atomic E-state index is 12.7. The van der Waals surface area contributed by atoms with E-state index in [0.29, 0.717) is 12.4 Å². The van der Waals surface area contributed by atoms with Crippen LogP contribution in [0.4, 0.5) is 8.78 Å². The summed E-state index contributed by atoms with van der Waals surface area (Å²) in [5.41, 5.74) is 0. The number of halogens is 2. The first kappa shape index (κ1) is 13.0. The molecule has 1 aromatic rings. The lowest BCUT2D eigenvalue weighted by Crippen LogP contribution is -2.38. The predicted molar refractivity (Wildman–Crippen MR) is 57.5 cm³/mol. The molecule has 0 aliphatic heterocycles. The van der Waals surface area contributed by atoms with E-state index in [2.05, 4.69) is 15.4 Å². The van der Waals surface area contributed by atoms with E-state index in [1.165, 1.54) is 6.33 Å². The number of aryl methyl sites for hydroxylation is 1. The summed E-state index contributed by atoms with van der Waals surface area (Å²) in [5.74, 6) is 0.619. The fraction of sp³-hybridized carbons (Fsp3) is 0.800. The lowest BCUT2D eigenvalue weighted by atomic mass is 10.2. The van der Waals surface area contributed by atoms with Gasteiger partial charge >= 0.3 is 0 Å². The molecule has 0 aliphatic rings. The number of hydrogen-bond acceptors (Lipinski definition) is 3. The Hall–Kier alpha value is -1.04. The van der Waals surface area contributed by atoms with Crippen LogP contribution in [0.3, 0.4) is 0 Å². The average molecular weight is 232 g/mol. The monoisotopic (exact) mass is 232 g/mol. The van der Waals surface area contributed by atoms with Crippen LogP contribution in [0, 0.1) is 0 Å². The van der Waals surface area contributed by atoms with Crippen LogP contribution in [0.25, 0.3) is 0 Å². The van der Waals surface area contributed by atoms with Crippen LogP contribution >= 0.6 is 0 Å². The minimum absolute atomic E-state index is 0.214. The summed E-state index contributed by atoms with van der Waals surface area (Å²) in [7, 11) is 0. The first-order valence-corrected chi connectivity index (χ1v) is 5.57. The average Bonchev–Trinajstić information content (AvgIpc) is 2.65. The van der Waals surface area contributed by atoms with Crippen molar-refractivity contribution >= 4 is 0 Å². The maximum Gasteiger partial charge on any atom is 0.254 e. The Balaban J connectivity index is 2.65. The molecule has 0 saturated carbocycles. The van der Waals surface area contributed by atoms with Crippen molar-refractivity contribution < 1.29 is 8.78 Å². The van der Waals surface area contributed by atoms with Crippen molar-refractivity contribution in [2.75, 3.05) is 6.54 Å². The van der Waals surface area contributed by atoms with Gasteiger partial charge in [0.1, 0.15) is 12.2 Å². The van der Waals surface area contributed by atoms with Gasteiger partial charge in [-0.1, -0.05) is 13.8 Å². The first-order chi connectivity index (χ1) is 7.69. The van der Waals surface area contributed by atoms with Gasteiger partial charge < -0.3 is 5.32 Å². The van der Waals surface area contributed by atoms with Gasteiger partial charge in [-0.25, -0.2) is 13.8 Å². The topological polar surface area (TPSA) is 42.7 Å². The van der Waals surface area contributed by atoms with Crippen molar-refractivity contribution in [3.8, 4) is 0 Å². The molecule has 1 N–H and O–H groups in total. The van der Waals surface area contributed by atoms with E-state index >= 15 is 0 Å². The Kier molecular flexibility index (Phi) is 5.31. The molecule has 4 nitrogen and oxygen atoms in total. The van der Waals surface area contributed by atoms with Gasteiger partial charge in [0.05, 0.1) is 6.04 Å². The Morgan fingerprint density at radius 3 is 2.75 bits per heavy atom. The maximum atomic E-state index is 12.7. The number of hydrogen-bond donors (Lipinski definition) is 1. The van der Waals surface area contributed by atoms with E-state index in [9.17, 15) is 8.78 Å². The van der Waals surface area contributed by atoms with E-state index in [-0.39, 0.29) is 6.42 Å². The fourth-order valence-corrected chi connectivity index (χ4v) is 1.55. The molecule has 1 unspecified atom stereocenters. The molecule has 0 radical (unpaired) electrons. The van der Waals surface area contributed by atoms with Gasteiger partial charge in [-0.2, -0.15) is 5.10 Å². The Morgan fingerprint density at radius 2 is 2.19 bits per heavy atom. The quantitative estimate of drug-likeness (QED) is 0.774. The van der Waals surface area contributed by atoms with Crippen molar-refractivity contribution in [1.82, 2.24) is 20.1 Å². The zero-order chi connectivity index (χ0) is 12.0. The molecule has 0 saturated heterocycles. The van der Waals surface area contributed by atoms with Gasteiger partial charge in [-0.3, -0.25) is 4.68 Å². The molecule has 0 spiro atoms. The van der Waals surface area contributed by atoms with Crippen LogP contribution in [-0.4, -0.2) is 33.8 Å². The Labute approximate surface area is 94.1 Å².